The van der Waals surface area contributed by atoms with E-state index in [1.165, 1.54) is 37.1 Å². The van der Waals surface area contributed by atoms with Gasteiger partial charge in [-0.3, -0.25) is 4.79 Å². The SMILES string of the molecule is COc1ccc(C(=O)O)cc1NC(=O)CSc1nc(C)cc(C)n1. The van der Waals surface area contributed by atoms with E-state index in [0.29, 0.717) is 16.6 Å². The Morgan fingerprint density at radius 3 is 2.46 bits per heavy atom. The normalized spacial score (nSPS) is 10.3. The first kappa shape index (κ1) is 17.7. The van der Waals surface area contributed by atoms with Crippen LogP contribution in [0, 0.1) is 13.8 Å². The number of thioether (sulfide) groups is 1. The van der Waals surface area contributed by atoms with Crippen molar-refractivity contribution in [3.05, 3.63) is 41.2 Å². The maximum atomic E-state index is 12.1. The quantitative estimate of drug-likeness (QED) is 0.611. The van der Waals surface area contributed by atoms with Crippen LogP contribution in [0.2, 0.25) is 0 Å². The van der Waals surface area contributed by atoms with Gasteiger partial charge in [0.2, 0.25) is 5.91 Å². The Labute approximate surface area is 143 Å². The fourth-order valence-electron chi connectivity index (χ4n) is 2.01. The molecule has 0 aliphatic rings. The highest BCUT2D eigenvalue weighted by atomic mass is 32.2. The number of anilines is 1. The van der Waals surface area contributed by atoms with Crippen molar-refractivity contribution in [1.82, 2.24) is 9.97 Å². The van der Waals surface area contributed by atoms with Crippen molar-refractivity contribution in [3.63, 3.8) is 0 Å². The number of aromatic carboxylic acids is 1. The van der Waals surface area contributed by atoms with E-state index < -0.39 is 5.97 Å². The van der Waals surface area contributed by atoms with Gasteiger partial charge in [-0.25, -0.2) is 14.8 Å². The molecule has 0 atom stereocenters. The number of carboxylic acid groups (broad SMARTS) is 1. The molecule has 0 bridgehead atoms. The standard InChI is InChI=1S/C16H17N3O4S/c1-9-6-10(2)18-16(17-9)24-8-14(20)19-12-7-11(15(21)22)4-5-13(12)23-3/h4-7H,8H2,1-3H3,(H,19,20)(H,21,22). The first-order valence-electron chi connectivity index (χ1n) is 7.05. The van der Waals surface area contributed by atoms with E-state index in [1.54, 1.807) is 0 Å². The van der Waals surface area contributed by atoms with Crippen LogP contribution in [-0.2, 0) is 4.79 Å². The van der Waals surface area contributed by atoms with Crippen LogP contribution >= 0.6 is 11.8 Å². The Balaban J connectivity index is 2.06. The summed E-state index contributed by atoms with van der Waals surface area (Å²) in [6, 6.07) is 6.12. The van der Waals surface area contributed by atoms with Crippen LogP contribution in [0.15, 0.2) is 29.4 Å². The summed E-state index contributed by atoms with van der Waals surface area (Å²) < 4.78 is 5.14. The van der Waals surface area contributed by atoms with Gasteiger partial charge in [0, 0.05) is 11.4 Å². The molecule has 0 saturated carbocycles. The van der Waals surface area contributed by atoms with Crippen molar-refractivity contribution in [1.29, 1.82) is 0 Å². The molecular weight excluding hydrogens is 330 g/mol. The smallest absolute Gasteiger partial charge is 0.335 e. The number of amides is 1. The topological polar surface area (TPSA) is 101 Å². The summed E-state index contributed by atoms with van der Waals surface area (Å²) in [4.78, 5) is 31.7. The van der Waals surface area contributed by atoms with Gasteiger partial charge in [0.25, 0.3) is 0 Å². The number of ether oxygens (including phenoxy) is 1. The summed E-state index contributed by atoms with van der Waals surface area (Å²) in [5, 5.41) is 12.2. The highest BCUT2D eigenvalue weighted by Crippen LogP contribution is 2.26. The number of methoxy groups -OCH3 is 1. The summed E-state index contributed by atoms with van der Waals surface area (Å²) in [5.74, 6) is -0.889. The third-order valence-corrected chi connectivity index (χ3v) is 3.86. The van der Waals surface area contributed by atoms with Gasteiger partial charge in [0.15, 0.2) is 5.16 Å². The third kappa shape index (κ3) is 4.69. The van der Waals surface area contributed by atoms with E-state index >= 15 is 0 Å². The Morgan fingerprint density at radius 2 is 1.88 bits per heavy atom. The number of aromatic nitrogens is 2. The van der Waals surface area contributed by atoms with Crippen LogP contribution in [0.5, 0.6) is 5.75 Å². The third-order valence-electron chi connectivity index (χ3n) is 3.01. The molecule has 1 aromatic carbocycles. The molecule has 0 radical (unpaired) electrons. The van der Waals surface area contributed by atoms with Crippen LogP contribution in [0.1, 0.15) is 21.7 Å². The predicted molar refractivity (Wildman–Crippen MR) is 90.8 cm³/mol. The fourth-order valence-corrected chi connectivity index (χ4v) is 2.76. The van der Waals surface area contributed by atoms with Gasteiger partial charge in [-0.05, 0) is 38.1 Å². The number of carbonyl (C=O) groups is 2. The molecule has 8 heteroatoms. The molecular formula is C16H17N3O4S. The van der Waals surface area contributed by atoms with Crippen molar-refractivity contribution < 1.29 is 19.4 Å². The minimum absolute atomic E-state index is 0.0661. The Kier molecular flexibility index (Phi) is 5.75. The van der Waals surface area contributed by atoms with Crippen molar-refractivity contribution in [2.45, 2.75) is 19.0 Å². The summed E-state index contributed by atoms with van der Waals surface area (Å²) in [7, 11) is 1.45. The summed E-state index contributed by atoms with van der Waals surface area (Å²) >= 11 is 1.21. The van der Waals surface area contributed by atoms with Gasteiger partial charge in [-0.2, -0.15) is 0 Å². The molecule has 24 heavy (non-hydrogen) atoms. The van der Waals surface area contributed by atoms with Gasteiger partial charge in [0.1, 0.15) is 5.75 Å². The number of hydrogen-bond donors (Lipinski definition) is 2. The lowest BCUT2D eigenvalue weighted by Crippen LogP contribution is -2.15. The zero-order chi connectivity index (χ0) is 17.7. The van der Waals surface area contributed by atoms with Gasteiger partial charge >= 0.3 is 5.97 Å². The van der Waals surface area contributed by atoms with E-state index in [9.17, 15) is 9.59 Å². The van der Waals surface area contributed by atoms with Gasteiger partial charge in [-0.15, -0.1) is 0 Å². The van der Waals surface area contributed by atoms with Crippen LogP contribution in [0.25, 0.3) is 0 Å². The van der Waals surface area contributed by atoms with Crippen LogP contribution in [0.3, 0.4) is 0 Å². The van der Waals surface area contributed by atoms with Crippen molar-refractivity contribution in [3.8, 4) is 5.75 Å². The molecule has 0 fully saturated rings. The number of nitrogens with one attached hydrogen (secondary N) is 1. The first-order valence-corrected chi connectivity index (χ1v) is 8.04. The van der Waals surface area contributed by atoms with E-state index in [0.717, 1.165) is 11.4 Å². The average molecular weight is 347 g/mol. The molecule has 2 N–H and O–H groups in total. The molecule has 0 aliphatic heterocycles. The number of carboxylic acids is 1. The Hall–Kier alpha value is -2.61. The number of benzene rings is 1. The molecule has 1 heterocycles. The lowest BCUT2D eigenvalue weighted by molar-refractivity contribution is -0.113. The zero-order valence-electron chi connectivity index (χ0n) is 13.5. The van der Waals surface area contributed by atoms with Crippen molar-refractivity contribution in [2.75, 3.05) is 18.2 Å². The lowest BCUT2D eigenvalue weighted by atomic mass is 10.2. The number of aryl methyl sites for hydroxylation is 2. The summed E-state index contributed by atoms with van der Waals surface area (Å²) in [6.45, 7) is 3.72. The van der Waals surface area contributed by atoms with E-state index in [-0.39, 0.29) is 17.2 Å². The Morgan fingerprint density at radius 1 is 1.21 bits per heavy atom. The Bertz CT molecular complexity index is 760. The second kappa shape index (κ2) is 7.78. The molecule has 0 saturated heterocycles. The number of nitrogens with zero attached hydrogens (tertiary/aromatic N) is 2. The maximum absolute atomic E-state index is 12.1. The van der Waals surface area contributed by atoms with Crippen LogP contribution < -0.4 is 10.1 Å². The first-order chi connectivity index (χ1) is 11.4. The highest BCUT2D eigenvalue weighted by Gasteiger charge is 2.12. The second-order valence-corrected chi connectivity index (χ2v) is 5.93. The second-order valence-electron chi connectivity index (χ2n) is 4.99. The molecule has 2 aromatic rings. The van der Waals surface area contributed by atoms with Gasteiger partial charge in [-0.1, -0.05) is 11.8 Å². The number of carbonyl (C=O) groups excluding carboxylic acids is 1. The molecule has 7 nitrogen and oxygen atoms in total. The molecule has 1 aromatic heterocycles. The molecule has 0 unspecified atom stereocenters. The van der Waals surface area contributed by atoms with Gasteiger partial charge in [0.05, 0.1) is 24.1 Å². The molecule has 0 spiro atoms. The van der Waals surface area contributed by atoms with Gasteiger partial charge < -0.3 is 15.2 Å². The van der Waals surface area contributed by atoms with Crippen LogP contribution in [-0.4, -0.2) is 39.8 Å². The minimum atomic E-state index is -1.08. The molecule has 1 amide bonds. The van der Waals surface area contributed by atoms with E-state index in [2.05, 4.69) is 15.3 Å². The minimum Gasteiger partial charge on any atom is -0.495 e. The maximum Gasteiger partial charge on any atom is 0.335 e. The van der Waals surface area contributed by atoms with E-state index in [1.807, 2.05) is 19.9 Å². The number of hydrogen-bond acceptors (Lipinski definition) is 6. The molecule has 2 rings (SSSR count). The average Bonchev–Trinajstić information content (AvgIpc) is 2.52. The van der Waals surface area contributed by atoms with Crippen molar-refractivity contribution >= 4 is 29.3 Å². The predicted octanol–water partition coefficient (Wildman–Crippen LogP) is 2.53. The highest BCUT2D eigenvalue weighted by molar-refractivity contribution is 7.99. The summed E-state index contributed by atoms with van der Waals surface area (Å²) in [6.07, 6.45) is 0. The van der Waals surface area contributed by atoms with Crippen molar-refractivity contribution in [2.24, 2.45) is 0 Å². The fraction of sp³-hybridized carbons (Fsp3) is 0.250. The van der Waals surface area contributed by atoms with Crippen LogP contribution in [0.4, 0.5) is 5.69 Å². The molecule has 126 valence electrons. The molecule has 0 aliphatic carbocycles. The number of rotatable bonds is 6. The zero-order valence-corrected chi connectivity index (χ0v) is 14.3. The monoisotopic (exact) mass is 347 g/mol. The van der Waals surface area contributed by atoms with E-state index in [4.69, 9.17) is 9.84 Å². The summed E-state index contributed by atoms with van der Waals surface area (Å²) in [5.41, 5.74) is 2.04. The largest absolute Gasteiger partial charge is 0.495 e. The lowest BCUT2D eigenvalue weighted by Gasteiger charge is -2.11.